The van der Waals surface area contributed by atoms with E-state index in [2.05, 4.69) is 23.6 Å². The molecular formula is C13H16N2O. The Hall–Kier alpha value is -1.51. The zero-order chi connectivity index (χ0) is 11.2. The summed E-state index contributed by atoms with van der Waals surface area (Å²) in [6.45, 7) is 2.08. The first-order valence-corrected chi connectivity index (χ1v) is 5.91. The number of benzene rings is 1. The molecule has 3 nitrogen and oxygen atoms in total. The SMILES string of the molecule is Cc1cccc2c1NC1(CCCC1)C(=O)N2. The third-order valence-corrected chi connectivity index (χ3v) is 3.78. The zero-order valence-electron chi connectivity index (χ0n) is 9.47. The van der Waals surface area contributed by atoms with Gasteiger partial charge in [-0.15, -0.1) is 0 Å². The van der Waals surface area contributed by atoms with Crippen molar-refractivity contribution in [3.63, 3.8) is 0 Å². The van der Waals surface area contributed by atoms with Gasteiger partial charge in [-0.3, -0.25) is 4.79 Å². The van der Waals surface area contributed by atoms with Crippen molar-refractivity contribution < 1.29 is 4.79 Å². The molecule has 3 rings (SSSR count). The molecule has 1 aromatic rings. The summed E-state index contributed by atoms with van der Waals surface area (Å²) in [4.78, 5) is 12.1. The van der Waals surface area contributed by atoms with E-state index in [9.17, 15) is 4.79 Å². The molecule has 1 spiro atoms. The van der Waals surface area contributed by atoms with Crippen LogP contribution in [0.25, 0.3) is 0 Å². The van der Waals surface area contributed by atoms with E-state index in [-0.39, 0.29) is 11.4 Å². The molecule has 0 aromatic heterocycles. The van der Waals surface area contributed by atoms with E-state index in [1.54, 1.807) is 0 Å². The highest BCUT2D eigenvalue weighted by Crippen LogP contribution is 2.41. The summed E-state index contributed by atoms with van der Waals surface area (Å²) in [5.74, 6) is 0.142. The van der Waals surface area contributed by atoms with Gasteiger partial charge in [0.05, 0.1) is 11.4 Å². The van der Waals surface area contributed by atoms with Gasteiger partial charge in [-0.05, 0) is 31.4 Å². The van der Waals surface area contributed by atoms with Crippen molar-refractivity contribution in [2.45, 2.75) is 38.1 Å². The standard InChI is InChI=1S/C13H16N2O/c1-9-5-4-6-10-11(9)15-13(12(16)14-10)7-2-3-8-13/h4-6,15H,2-3,7-8H2,1H3,(H,14,16). The Bertz CT molecular complexity index is 447. The number of fused-ring (bicyclic) bond motifs is 1. The number of amides is 1. The first-order valence-electron chi connectivity index (χ1n) is 5.91. The lowest BCUT2D eigenvalue weighted by molar-refractivity contribution is -0.120. The Kier molecular flexibility index (Phi) is 1.96. The molecule has 0 atom stereocenters. The molecule has 0 unspecified atom stereocenters. The normalized spacial score (nSPS) is 21.4. The fourth-order valence-electron chi connectivity index (χ4n) is 2.81. The fourth-order valence-corrected chi connectivity index (χ4v) is 2.81. The van der Waals surface area contributed by atoms with Crippen LogP contribution in [0, 0.1) is 6.92 Å². The van der Waals surface area contributed by atoms with Crippen LogP contribution in [-0.4, -0.2) is 11.4 Å². The van der Waals surface area contributed by atoms with Crippen LogP contribution in [0.1, 0.15) is 31.2 Å². The van der Waals surface area contributed by atoms with Crippen LogP contribution < -0.4 is 10.6 Å². The zero-order valence-corrected chi connectivity index (χ0v) is 9.47. The highest BCUT2D eigenvalue weighted by Gasteiger charge is 2.44. The average molecular weight is 216 g/mol. The molecule has 84 valence electrons. The van der Waals surface area contributed by atoms with Crippen LogP contribution in [0.4, 0.5) is 11.4 Å². The fraction of sp³-hybridized carbons (Fsp3) is 0.462. The molecule has 0 bridgehead atoms. The van der Waals surface area contributed by atoms with Gasteiger partial charge in [-0.2, -0.15) is 0 Å². The van der Waals surface area contributed by atoms with Gasteiger partial charge in [0.1, 0.15) is 5.54 Å². The maximum absolute atomic E-state index is 12.1. The molecule has 1 fully saturated rings. The molecule has 0 saturated heterocycles. The van der Waals surface area contributed by atoms with E-state index in [4.69, 9.17) is 0 Å². The van der Waals surface area contributed by atoms with Crippen LogP contribution in [-0.2, 0) is 4.79 Å². The van der Waals surface area contributed by atoms with E-state index < -0.39 is 0 Å². The van der Waals surface area contributed by atoms with Gasteiger partial charge in [0.25, 0.3) is 0 Å². The minimum atomic E-state index is -0.334. The number of aryl methyl sites for hydroxylation is 1. The van der Waals surface area contributed by atoms with Crippen LogP contribution in [0.2, 0.25) is 0 Å². The number of hydrogen-bond donors (Lipinski definition) is 2. The number of rotatable bonds is 0. The van der Waals surface area contributed by atoms with E-state index in [0.29, 0.717) is 0 Å². The summed E-state index contributed by atoms with van der Waals surface area (Å²) < 4.78 is 0. The molecule has 2 N–H and O–H groups in total. The van der Waals surface area contributed by atoms with E-state index in [0.717, 1.165) is 37.1 Å². The van der Waals surface area contributed by atoms with Crippen molar-refractivity contribution in [1.29, 1.82) is 0 Å². The lowest BCUT2D eigenvalue weighted by atomic mass is 9.92. The van der Waals surface area contributed by atoms with E-state index in [1.807, 2.05) is 12.1 Å². The van der Waals surface area contributed by atoms with E-state index >= 15 is 0 Å². The van der Waals surface area contributed by atoms with Gasteiger partial charge in [-0.25, -0.2) is 0 Å². The second kappa shape index (κ2) is 3.24. The smallest absolute Gasteiger partial charge is 0.250 e. The van der Waals surface area contributed by atoms with Crippen LogP contribution in [0.5, 0.6) is 0 Å². The lowest BCUT2D eigenvalue weighted by Crippen LogP contribution is -2.50. The summed E-state index contributed by atoms with van der Waals surface area (Å²) in [5.41, 5.74) is 2.88. The minimum absolute atomic E-state index is 0.142. The molecule has 3 heteroatoms. The predicted molar refractivity (Wildman–Crippen MR) is 64.6 cm³/mol. The molecule has 1 aromatic carbocycles. The second-order valence-electron chi connectivity index (χ2n) is 4.87. The first kappa shape index (κ1) is 9.70. The summed E-state index contributed by atoms with van der Waals surface area (Å²) >= 11 is 0. The highest BCUT2D eigenvalue weighted by molar-refractivity contribution is 6.06. The Morgan fingerprint density at radius 1 is 1.25 bits per heavy atom. The number of anilines is 2. The molecule has 0 radical (unpaired) electrons. The Morgan fingerprint density at radius 2 is 2.00 bits per heavy atom. The molecule has 1 saturated carbocycles. The van der Waals surface area contributed by atoms with Crippen molar-refractivity contribution in [3.05, 3.63) is 23.8 Å². The maximum atomic E-state index is 12.1. The summed E-state index contributed by atoms with van der Waals surface area (Å²) in [7, 11) is 0. The van der Waals surface area contributed by atoms with Crippen molar-refractivity contribution >= 4 is 17.3 Å². The lowest BCUT2D eigenvalue weighted by Gasteiger charge is -2.36. The topological polar surface area (TPSA) is 41.1 Å². The molecule has 16 heavy (non-hydrogen) atoms. The largest absolute Gasteiger partial charge is 0.369 e. The van der Waals surface area contributed by atoms with Gasteiger partial charge in [0, 0.05) is 0 Å². The Balaban J connectivity index is 2.06. The van der Waals surface area contributed by atoms with Gasteiger partial charge >= 0.3 is 0 Å². The number of hydrogen-bond acceptors (Lipinski definition) is 2. The monoisotopic (exact) mass is 216 g/mol. The van der Waals surface area contributed by atoms with Crippen molar-refractivity contribution in [2.75, 3.05) is 10.6 Å². The van der Waals surface area contributed by atoms with Gasteiger partial charge in [0.2, 0.25) is 5.91 Å². The predicted octanol–water partition coefficient (Wildman–Crippen LogP) is 2.67. The molecule has 1 heterocycles. The third kappa shape index (κ3) is 1.24. The first-order chi connectivity index (χ1) is 7.71. The molecule has 1 amide bonds. The van der Waals surface area contributed by atoms with Crippen molar-refractivity contribution in [1.82, 2.24) is 0 Å². The Morgan fingerprint density at radius 3 is 2.75 bits per heavy atom. The number of carbonyl (C=O) groups is 1. The average Bonchev–Trinajstić information content (AvgIpc) is 2.72. The second-order valence-corrected chi connectivity index (χ2v) is 4.87. The maximum Gasteiger partial charge on any atom is 0.250 e. The van der Waals surface area contributed by atoms with E-state index in [1.165, 1.54) is 5.56 Å². The van der Waals surface area contributed by atoms with Gasteiger partial charge < -0.3 is 10.6 Å². The van der Waals surface area contributed by atoms with Gasteiger partial charge in [0.15, 0.2) is 0 Å². The summed E-state index contributed by atoms with van der Waals surface area (Å²) in [6.07, 6.45) is 4.18. The number of nitrogens with one attached hydrogen (secondary N) is 2. The van der Waals surface area contributed by atoms with Crippen LogP contribution in [0.3, 0.4) is 0 Å². The Labute approximate surface area is 95.2 Å². The molecule has 2 aliphatic rings. The van der Waals surface area contributed by atoms with Crippen molar-refractivity contribution in [2.24, 2.45) is 0 Å². The number of carbonyl (C=O) groups excluding carboxylic acids is 1. The molecule has 1 aliphatic heterocycles. The van der Waals surface area contributed by atoms with Crippen molar-refractivity contribution in [3.8, 4) is 0 Å². The summed E-state index contributed by atoms with van der Waals surface area (Å²) in [6, 6.07) is 6.00. The third-order valence-electron chi connectivity index (χ3n) is 3.78. The quantitative estimate of drug-likeness (QED) is 0.700. The highest BCUT2D eigenvalue weighted by atomic mass is 16.2. The van der Waals surface area contributed by atoms with Crippen LogP contribution >= 0.6 is 0 Å². The minimum Gasteiger partial charge on any atom is -0.369 e. The van der Waals surface area contributed by atoms with Crippen LogP contribution in [0.15, 0.2) is 18.2 Å². The number of para-hydroxylation sites is 1. The summed E-state index contributed by atoms with van der Waals surface area (Å²) in [5, 5.41) is 6.51. The van der Waals surface area contributed by atoms with Gasteiger partial charge in [-0.1, -0.05) is 25.0 Å². The molecular weight excluding hydrogens is 200 g/mol. The molecule has 1 aliphatic carbocycles.